The quantitative estimate of drug-likeness (QED) is 0.513. The minimum atomic E-state index is 0.589. The molecule has 1 fully saturated rings. The van der Waals surface area contributed by atoms with Crippen LogP contribution in [0.1, 0.15) is 25.7 Å². The highest BCUT2D eigenvalue weighted by molar-refractivity contribution is 5.40. The molecule has 0 atom stereocenters. The summed E-state index contributed by atoms with van der Waals surface area (Å²) in [6.45, 7) is 0.989. The average molecular weight is 207 g/mol. The van der Waals surface area contributed by atoms with Gasteiger partial charge in [-0.2, -0.15) is 0 Å². The van der Waals surface area contributed by atoms with Crippen LogP contribution in [0.15, 0.2) is 12.4 Å². The number of nitrogens with zero attached hydrogens (tertiary/aromatic N) is 2. The Morgan fingerprint density at radius 3 is 2.73 bits per heavy atom. The summed E-state index contributed by atoms with van der Waals surface area (Å²) >= 11 is 0. The van der Waals surface area contributed by atoms with Gasteiger partial charge in [0.1, 0.15) is 5.82 Å². The maximum atomic E-state index is 5.26. The van der Waals surface area contributed by atoms with E-state index in [0.717, 1.165) is 18.3 Å². The largest absolute Gasteiger partial charge is 0.368 e. The Balaban J connectivity index is 1.86. The van der Waals surface area contributed by atoms with Crippen molar-refractivity contribution in [2.45, 2.75) is 25.7 Å². The lowest BCUT2D eigenvalue weighted by atomic mass is 10.1. The van der Waals surface area contributed by atoms with Gasteiger partial charge < -0.3 is 10.7 Å². The lowest BCUT2D eigenvalue weighted by Gasteiger charge is -2.11. The van der Waals surface area contributed by atoms with Crippen LogP contribution in [0, 0.1) is 5.92 Å². The number of nitrogen functional groups attached to an aromatic ring is 1. The molecule has 0 aromatic carbocycles. The summed E-state index contributed by atoms with van der Waals surface area (Å²) in [5.41, 5.74) is 2.48. The maximum absolute atomic E-state index is 5.26. The molecule has 1 aliphatic rings. The highest BCUT2D eigenvalue weighted by Gasteiger charge is 2.14. The molecule has 0 bridgehead atoms. The summed E-state index contributed by atoms with van der Waals surface area (Å²) in [6.07, 6.45) is 8.70. The standard InChI is InChI=1S/C10H17N5/c11-15-10-7-12-6-9(14-10)13-5-8-3-1-2-4-8/h6-8H,1-5,11H2,(H2,13,14,15). The molecule has 1 heterocycles. The van der Waals surface area contributed by atoms with Gasteiger partial charge in [0, 0.05) is 6.54 Å². The van der Waals surface area contributed by atoms with Crippen molar-refractivity contribution >= 4 is 11.6 Å². The zero-order valence-corrected chi connectivity index (χ0v) is 8.74. The molecule has 0 amide bonds. The zero-order chi connectivity index (χ0) is 10.5. The number of hydrogen-bond acceptors (Lipinski definition) is 5. The summed E-state index contributed by atoms with van der Waals surface area (Å²) in [7, 11) is 0. The zero-order valence-electron chi connectivity index (χ0n) is 8.74. The van der Waals surface area contributed by atoms with Crippen LogP contribution in [0.3, 0.4) is 0 Å². The second kappa shape index (κ2) is 4.93. The van der Waals surface area contributed by atoms with E-state index in [0.29, 0.717) is 5.82 Å². The van der Waals surface area contributed by atoms with Crippen LogP contribution in [-0.2, 0) is 0 Å². The van der Waals surface area contributed by atoms with Crippen LogP contribution in [0.25, 0.3) is 0 Å². The number of nitrogens with one attached hydrogen (secondary N) is 2. The molecular formula is C10H17N5. The van der Waals surface area contributed by atoms with Crippen molar-refractivity contribution in [2.75, 3.05) is 17.3 Å². The Bertz CT molecular complexity index is 308. The van der Waals surface area contributed by atoms with E-state index in [4.69, 9.17) is 5.84 Å². The van der Waals surface area contributed by atoms with E-state index < -0.39 is 0 Å². The minimum Gasteiger partial charge on any atom is -0.368 e. The van der Waals surface area contributed by atoms with Gasteiger partial charge in [-0.1, -0.05) is 12.8 Å². The molecule has 0 spiro atoms. The Morgan fingerprint density at radius 2 is 2.00 bits per heavy atom. The number of anilines is 2. The van der Waals surface area contributed by atoms with Crippen molar-refractivity contribution in [3.63, 3.8) is 0 Å². The summed E-state index contributed by atoms with van der Waals surface area (Å²) < 4.78 is 0. The van der Waals surface area contributed by atoms with Crippen molar-refractivity contribution < 1.29 is 0 Å². The number of rotatable bonds is 4. The fourth-order valence-electron chi connectivity index (χ4n) is 1.98. The Labute approximate surface area is 89.5 Å². The van der Waals surface area contributed by atoms with Gasteiger partial charge in [-0.25, -0.2) is 10.8 Å². The minimum absolute atomic E-state index is 0.589. The predicted octanol–water partition coefficient (Wildman–Crippen LogP) is 1.36. The van der Waals surface area contributed by atoms with Crippen LogP contribution in [0.2, 0.25) is 0 Å². The molecule has 4 N–H and O–H groups in total. The number of nitrogens with two attached hydrogens (primary N) is 1. The van der Waals surface area contributed by atoms with E-state index in [9.17, 15) is 0 Å². The third-order valence-corrected chi connectivity index (χ3v) is 2.83. The Morgan fingerprint density at radius 1 is 1.27 bits per heavy atom. The molecule has 0 aliphatic heterocycles. The van der Waals surface area contributed by atoms with E-state index >= 15 is 0 Å². The third kappa shape index (κ3) is 2.79. The van der Waals surface area contributed by atoms with Crippen LogP contribution >= 0.6 is 0 Å². The summed E-state index contributed by atoms with van der Waals surface area (Å²) in [4.78, 5) is 8.28. The number of hydrogen-bond donors (Lipinski definition) is 3. The third-order valence-electron chi connectivity index (χ3n) is 2.83. The first-order valence-electron chi connectivity index (χ1n) is 5.41. The summed E-state index contributed by atoms with van der Waals surface area (Å²) in [5.74, 6) is 7.43. The normalized spacial score (nSPS) is 16.6. The van der Waals surface area contributed by atoms with E-state index in [2.05, 4.69) is 20.7 Å². The van der Waals surface area contributed by atoms with Crippen LogP contribution in [0.4, 0.5) is 11.6 Å². The molecule has 1 aromatic heterocycles. The highest BCUT2D eigenvalue weighted by atomic mass is 15.3. The molecule has 0 saturated heterocycles. The summed E-state index contributed by atoms with van der Waals surface area (Å²) in [6, 6.07) is 0. The van der Waals surface area contributed by atoms with Crippen molar-refractivity contribution in [2.24, 2.45) is 11.8 Å². The molecule has 0 radical (unpaired) electrons. The van der Waals surface area contributed by atoms with Gasteiger partial charge in [0.25, 0.3) is 0 Å². The Hall–Kier alpha value is -1.36. The van der Waals surface area contributed by atoms with Crippen molar-refractivity contribution in [1.82, 2.24) is 9.97 Å². The van der Waals surface area contributed by atoms with Gasteiger partial charge in [0.2, 0.25) is 0 Å². The molecule has 82 valence electrons. The van der Waals surface area contributed by atoms with Crippen molar-refractivity contribution in [3.05, 3.63) is 12.4 Å². The van der Waals surface area contributed by atoms with E-state index in [1.807, 2.05) is 0 Å². The smallest absolute Gasteiger partial charge is 0.160 e. The average Bonchev–Trinajstić information content (AvgIpc) is 2.79. The second-order valence-corrected chi connectivity index (χ2v) is 3.97. The fraction of sp³-hybridized carbons (Fsp3) is 0.600. The van der Waals surface area contributed by atoms with Gasteiger partial charge >= 0.3 is 0 Å². The maximum Gasteiger partial charge on any atom is 0.160 e. The first kappa shape index (κ1) is 10.2. The molecule has 0 unspecified atom stereocenters. The van der Waals surface area contributed by atoms with Gasteiger partial charge in [-0.05, 0) is 18.8 Å². The predicted molar refractivity (Wildman–Crippen MR) is 60.3 cm³/mol. The lowest BCUT2D eigenvalue weighted by molar-refractivity contribution is 0.579. The van der Waals surface area contributed by atoms with Gasteiger partial charge in [-0.3, -0.25) is 4.98 Å². The highest BCUT2D eigenvalue weighted by Crippen LogP contribution is 2.24. The first-order valence-corrected chi connectivity index (χ1v) is 5.41. The molecule has 5 nitrogen and oxygen atoms in total. The van der Waals surface area contributed by atoms with Crippen LogP contribution in [-0.4, -0.2) is 16.5 Å². The van der Waals surface area contributed by atoms with Gasteiger partial charge in [0.15, 0.2) is 5.82 Å². The molecule has 1 aliphatic carbocycles. The van der Waals surface area contributed by atoms with E-state index in [-0.39, 0.29) is 0 Å². The molecule has 15 heavy (non-hydrogen) atoms. The first-order chi connectivity index (χ1) is 7.38. The summed E-state index contributed by atoms with van der Waals surface area (Å²) in [5, 5.41) is 3.29. The van der Waals surface area contributed by atoms with Gasteiger partial charge in [0.05, 0.1) is 12.4 Å². The number of hydrazine groups is 1. The Kier molecular flexibility index (Phi) is 3.34. The molecular weight excluding hydrogens is 190 g/mol. The molecule has 1 aromatic rings. The number of aromatic nitrogens is 2. The topological polar surface area (TPSA) is 75.9 Å². The van der Waals surface area contributed by atoms with Crippen LogP contribution < -0.4 is 16.6 Å². The molecule has 5 heteroatoms. The lowest BCUT2D eigenvalue weighted by Crippen LogP contribution is -2.14. The van der Waals surface area contributed by atoms with E-state index in [1.165, 1.54) is 25.7 Å². The fourth-order valence-corrected chi connectivity index (χ4v) is 1.98. The molecule has 1 saturated carbocycles. The molecule has 2 rings (SSSR count). The monoisotopic (exact) mass is 207 g/mol. The van der Waals surface area contributed by atoms with Gasteiger partial charge in [-0.15, -0.1) is 0 Å². The van der Waals surface area contributed by atoms with Crippen molar-refractivity contribution in [3.8, 4) is 0 Å². The SMILES string of the molecule is NNc1cncc(NCC2CCCC2)n1. The van der Waals surface area contributed by atoms with Crippen LogP contribution in [0.5, 0.6) is 0 Å². The van der Waals surface area contributed by atoms with E-state index in [1.54, 1.807) is 12.4 Å². The van der Waals surface area contributed by atoms with Crippen molar-refractivity contribution in [1.29, 1.82) is 0 Å². The second-order valence-electron chi connectivity index (χ2n) is 3.97.